The Hall–Kier alpha value is -2.18. The van der Waals surface area contributed by atoms with E-state index >= 15 is 0 Å². The molecule has 1 fully saturated rings. The molecule has 2 spiro atoms. The molecule has 1 aromatic heterocycles. The van der Waals surface area contributed by atoms with Gasteiger partial charge in [0.1, 0.15) is 12.1 Å². The number of hydrogen-bond donors (Lipinski definition) is 1. The number of benzene rings is 1. The molecular formula is C23H25ClFN3O2. The van der Waals surface area contributed by atoms with Crippen LogP contribution in [0.3, 0.4) is 0 Å². The number of nitrogens with zero attached hydrogens (tertiary/aromatic N) is 2. The van der Waals surface area contributed by atoms with Gasteiger partial charge in [0.2, 0.25) is 5.95 Å². The molecular weight excluding hydrogens is 405 g/mol. The van der Waals surface area contributed by atoms with Crippen molar-refractivity contribution in [2.45, 2.75) is 44.2 Å². The van der Waals surface area contributed by atoms with E-state index in [0.29, 0.717) is 36.8 Å². The number of amidine groups is 1. The number of aliphatic imine (C=N–C) groups is 1. The summed E-state index contributed by atoms with van der Waals surface area (Å²) >= 11 is 6.06. The van der Waals surface area contributed by atoms with Crippen LogP contribution >= 0.6 is 11.6 Å². The zero-order valence-corrected chi connectivity index (χ0v) is 17.2. The first kappa shape index (κ1) is 14.8. The molecule has 1 aromatic carbocycles. The normalized spacial score (nSPS) is 36.9. The Balaban J connectivity index is 1.64. The fraction of sp³-hybridized carbons (Fsp3) is 0.478. The first-order valence-corrected chi connectivity index (χ1v) is 10.3. The van der Waals surface area contributed by atoms with E-state index in [1.807, 2.05) is 13.0 Å². The third-order valence-corrected chi connectivity index (χ3v) is 7.11. The lowest BCUT2D eigenvalue weighted by Gasteiger charge is -2.47. The molecule has 1 aliphatic heterocycles. The van der Waals surface area contributed by atoms with Crippen molar-refractivity contribution >= 4 is 17.6 Å². The number of fused-ring (bicyclic) bond motifs is 3. The van der Waals surface area contributed by atoms with Crippen LogP contribution in [0.25, 0.3) is 11.1 Å². The van der Waals surface area contributed by atoms with Crippen molar-refractivity contribution in [2.24, 2.45) is 22.1 Å². The Bertz CT molecular complexity index is 1230. The molecule has 4 atom stereocenters. The predicted octanol–water partition coefficient (Wildman–Crippen LogP) is 4.46. The maximum absolute atomic E-state index is 14.6. The third kappa shape index (κ3) is 2.77. The largest absolute Gasteiger partial charge is 0.462 e. The summed E-state index contributed by atoms with van der Waals surface area (Å²) in [5.74, 6) is -0.877. The molecule has 5 rings (SSSR count). The first-order valence-electron chi connectivity index (χ1n) is 12.4. The average Bonchev–Trinajstić information content (AvgIpc) is 3.15. The maximum atomic E-state index is 14.6. The Morgan fingerprint density at radius 3 is 3.03 bits per heavy atom. The second kappa shape index (κ2) is 6.92. The number of pyridine rings is 1. The molecule has 158 valence electrons. The lowest BCUT2D eigenvalue weighted by atomic mass is 9.59. The summed E-state index contributed by atoms with van der Waals surface area (Å²) in [4.78, 5) is 8.31. The second-order valence-corrected chi connectivity index (χ2v) is 9.00. The number of nitrogens with two attached hydrogens (primary N) is 1. The molecule has 0 saturated heterocycles. The van der Waals surface area contributed by atoms with E-state index in [1.165, 1.54) is 12.3 Å². The van der Waals surface area contributed by atoms with Crippen molar-refractivity contribution in [3.8, 4) is 11.1 Å². The standard InChI is InChI=1S/C23H25ClFN3O2/c1-13-9-22(6-5-19(13)29-2)10-15-4-3-14(17-8-16(24)11-27-20(17)25)7-18(15)23(22)12-30-21(26)28-23/h3-4,7-8,11,13,19H,5-6,9-10,12H2,1-2H3,(H2,26,28)/t13-,19-,22-,23+/m0/s1/i2D3,12D2. The van der Waals surface area contributed by atoms with E-state index < -0.39 is 36.6 Å². The van der Waals surface area contributed by atoms with Gasteiger partial charge in [0, 0.05) is 24.2 Å². The SMILES string of the molecule is [2H]C([2H])([2H])O[C@H]1CC[C@@]2(Cc3ccc(-c4cc(Cl)cnc4F)cc3[C@@]23N=C(N)OC3([2H])[2H])C[C@@H]1C. The van der Waals surface area contributed by atoms with Crippen molar-refractivity contribution in [3.05, 3.63) is 52.6 Å². The molecule has 1 saturated carbocycles. The molecule has 5 nitrogen and oxygen atoms in total. The Morgan fingerprint density at radius 1 is 1.43 bits per heavy atom. The van der Waals surface area contributed by atoms with Crippen molar-refractivity contribution in [3.63, 3.8) is 0 Å². The lowest BCUT2D eigenvalue weighted by molar-refractivity contribution is -0.0445. The zero-order valence-electron chi connectivity index (χ0n) is 21.4. The minimum atomic E-state index is -2.52. The van der Waals surface area contributed by atoms with Crippen molar-refractivity contribution in [1.29, 1.82) is 0 Å². The van der Waals surface area contributed by atoms with Crippen molar-refractivity contribution < 1.29 is 20.7 Å². The molecule has 2 heterocycles. The number of rotatable bonds is 2. The van der Waals surface area contributed by atoms with Gasteiger partial charge in [0.25, 0.3) is 6.02 Å². The van der Waals surface area contributed by atoms with Gasteiger partial charge in [-0.3, -0.25) is 0 Å². The Morgan fingerprint density at radius 2 is 2.30 bits per heavy atom. The minimum Gasteiger partial charge on any atom is -0.462 e. The number of methoxy groups -OCH3 is 1. The van der Waals surface area contributed by atoms with Crippen LogP contribution in [0, 0.1) is 17.3 Å². The highest BCUT2D eigenvalue weighted by Gasteiger charge is 2.62. The molecule has 0 radical (unpaired) electrons. The van der Waals surface area contributed by atoms with Crippen LogP contribution in [-0.2, 0) is 21.4 Å². The van der Waals surface area contributed by atoms with E-state index in [9.17, 15) is 4.39 Å². The van der Waals surface area contributed by atoms with E-state index in [-0.39, 0.29) is 22.5 Å². The van der Waals surface area contributed by atoms with Crippen LogP contribution < -0.4 is 5.73 Å². The van der Waals surface area contributed by atoms with Gasteiger partial charge >= 0.3 is 0 Å². The fourth-order valence-electron chi connectivity index (χ4n) is 5.53. The second-order valence-electron chi connectivity index (χ2n) is 8.56. The molecule has 2 aliphatic carbocycles. The topological polar surface area (TPSA) is 69.7 Å². The number of halogens is 2. The maximum Gasteiger partial charge on any atom is 0.283 e. The van der Waals surface area contributed by atoms with E-state index in [0.717, 1.165) is 5.56 Å². The molecule has 30 heavy (non-hydrogen) atoms. The quantitative estimate of drug-likeness (QED) is 0.708. The zero-order chi connectivity index (χ0) is 25.4. The Kier molecular flexibility index (Phi) is 3.41. The summed E-state index contributed by atoms with van der Waals surface area (Å²) in [7, 11) is -2.52. The summed E-state index contributed by atoms with van der Waals surface area (Å²) in [5.41, 5.74) is 5.83. The fourth-order valence-corrected chi connectivity index (χ4v) is 5.69. The molecule has 3 aliphatic rings. The smallest absolute Gasteiger partial charge is 0.283 e. The highest BCUT2D eigenvalue weighted by atomic mass is 35.5. The van der Waals surface area contributed by atoms with Crippen LogP contribution in [0.5, 0.6) is 0 Å². The lowest BCUT2D eigenvalue weighted by Crippen LogP contribution is -2.48. The molecule has 0 bridgehead atoms. The summed E-state index contributed by atoms with van der Waals surface area (Å²) in [6.45, 7) is -0.367. The van der Waals surface area contributed by atoms with Gasteiger partial charge in [-0.25, -0.2) is 9.98 Å². The molecule has 2 aromatic rings. The first-order chi connectivity index (χ1) is 16.3. The van der Waals surface area contributed by atoms with Crippen molar-refractivity contribution in [1.82, 2.24) is 4.98 Å². The van der Waals surface area contributed by atoms with Crippen LogP contribution in [0.1, 0.15) is 44.2 Å². The van der Waals surface area contributed by atoms with E-state index in [2.05, 4.69) is 9.98 Å². The van der Waals surface area contributed by atoms with Gasteiger partial charge < -0.3 is 15.2 Å². The van der Waals surface area contributed by atoms with Gasteiger partial charge in [0.05, 0.1) is 18.0 Å². The molecule has 0 amide bonds. The minimum absolute atomic E-state index is 0.183. The number of ether oxygens (including phenoxy) is 2. The van der Waals surface area contributed by atoms with E-state index in [1.54, 1.807) is 12.1 Å². The van der Waals surface area contributed by atoms with Gasteiger partial charge in [0.15, 0.2) is 0 Å². The van der Waals surface area contributed by atoms with Crippen LogP contribution in [-0.4, -0.2) is 30.7 Å². The molecule has 7 heteroatoms. The third-order valence-electron chi connectivity index (χ3n) is 6.90. The van der Waals surface area contributed by atoms with Crippen LogP contribution in [0.15, 0.2) is 35.5 Å². The number of hydrogen-bond acceptors (Lipinski definition) is 5. The van der Waals surface area contributed by atoms with E-state index in [4.69, 9.17) is 33.7 Å². The number of aromatic nitrogens is 1. The average molecular weight is 435 g/mol. The van der Waals surface area contributed by atoms with Gasteiger partial charge in [-0.1, -0.05) is 30.7 Å². The Labute approximate surface area is 187 Å². The monoisotopic (exact) mass is 434 g/mol. The predicted molar refractivity (Wildman–Crippen MR) is 114 cm³/mol. The highest BCUT2D eigenvalue weighted by Crippen LogP contribution is 2.62. The summed E-state index contributed by atoms with van der Waals surface area (Å²) < 4.78 is 65.6. The van der Waals surface area contributed by atoms with Gasteiger partial charge in [-0.15, -0.1) is 0 Å². The van der Waals surface area contributed by atoms with Gasteiger partial charge in [-0.2, -0.15) is 4.39 Å². The summed E-state index contributed by atoms with van der Waals surface area (Å²) in [6.07, 6.45) is 2.54. The molecule has 2 N–H and O–H groups in total. The van der Waals surface area contributed by atoms with Crippen LogP contribution in [0.4, 0.5) is 4.39 Å². The highest BCUT2D eigenvalue weighted by molar-refractivity contribution is 6.30. The van der Waals surface area contributed by atoms with Gasteiger partial charge in [-0.05, 0) is 60.4 Å². The molecule has 0 unspecified atom stereocenters. The van der Waals surface area contributed by atoms with Crippen LogP contribution in [0.2, 0.25) is 5.02 Å². The van der Waals surface area contributed by atoms with Crippen molar-refractivity contribution in [2.75, 3.05) is 13.6 Å². The summed E-state index contributed by atoms with van der Waals surface area (Å²) in [6, 6.07) is 6.54. The summed E-state index contributed by atoms with van der Waals surface area (Å²) in [5, 5.41) is 0.274.